The van der Waals surface area contributed by atoms with E-state index < -0.39 is 11.2 Å². The predicted molar refractivity (Wildman–Crippen MR) is 107 cm³/mol. The fraction of sp³-hybridized carbons (Fsp3) is 0.391. The predicted octanol–water partition coefficient (Wildman–Crippen LogP) is 1.97. The maximum atomic E-state index is 14.1. The zero-order chi connectivity index (χ0) is 20.9. The minimum atomic E-state index is -0.573. The lowest BCUT2D eigenvalue weighted by atomic mass is 9.82. The van der Waals surface area contributed by atoms with Gasteiger partial charge in [0.1, 0.15) is 11.6 Å². The van der Waals surface area contributed by atoms with Crippen molar-refractivity contribution < 1.29 is 23.8 Å². The summed E-state index contributed by atoms with van der Waals surface area (Å²) in [6.45, 7) is 2.06. The molecule has 2 fully saturated rings. The molecule has 0 radical (unpaired) electrons. The highest BCUT2D eigenvalue weighted by Crippen LogP contribution is 2.43. The van der Waals surface area contributed by atoms with Gasteiger partial charge in [0.15, 0.2) is 0 Å². The van der Waals surface area contributed by atoms with E-state index in [4.69, 9.17) is 4.74 Å². The molecule has 5 rings (SSSR count). The lowest BCUT2D eigenvalue weighted by molar-refractivity contribution is 0.0664. The van der Waals surface area contributed by atoms with Crippen molar-refractivity contribution in [2.75, 3.05) is 39.4 Å². The monoisotopic (exact) mass is 410 g/mol. The van der Waals surface area contributed by atoms with Crippen LogP contribution in [0.1, 0.15) is 26.3 Å². The van der Waals surface area contributed by atoms with Gasteiger partial charge >= 0.3 is 0 Å². The SMILES string of the molecule is O=C(c1ccc2c(c1)CCO2)N1C[C@H]2CN(C(=O)c3ccccc3F)C[C@@]2(CO)C1. The van der Waals surface area contributed by atoms with E-state index in [2.05, 4.69) is 0 Å². The number of aliphatic hydroxyl groups excluding tert-OH is 1. The summed E-state index contributed by atoms with van der Waals surface area (Å²) in [6, 6.07) is 11.4. The van der Waals surface area contributed by atoms with Crippen molar-refractivity contribution in [2.45, 2.75) is 6.42 Å². The minimum absolute atomic E-state index is 0.0406. The fourth-order valence-corrected chi connectivity index (χ4v) is 5.02. The Hall–Kier alpha value is -2.93. The average Bonchev–Trinajstić information content (AvgIpc) is 3.45. The first-order valence-corrected chi connectivity index (χ1v) is 10.2. The van der Waals surface area contributed by atoms with Crippen LogP contribution in [-0.2, 0) is 6.42 Å². The smallest absolute Gasteiger partial charge is 0.256 e. The van der Waals surface area contributed by atoms with Crippen LogP contribution in [0.25, 0.3) is 0 Å². The van der Waals surface area contributed by atoms with Gasteiger partial charge in [-0.15, -0.1) is 0 Å². The third kappa shape index (κ3) is 2.96. The molecule has 3 aliphatic heterocycles. The zero-order valence-electron chi connectivity index (χ0n) is 16.5. The van der Waals surface area contributed by atoms with Crippen molar-refractivity contribution in [1.29, 1.82) is 0 Å². The first-order chi connectivity index (χ1) is 14.5. The summed E-state index contributed by atoms with van der Waals surface area (Å²) < 4.78 is 19.6. The molecule has 3 heterocycles. The lowest BCUT2D eigenvalue weighted by Gasteiger charge is -2.27. The van der Waals surface area contributed by atoms with Crippen molar-refractivity contribution in [3.63, 3.8) is 0 Å². The zero-order valence-corrected chi connectivity index (χ0v) is 16.5. The molecule has 1 N–H and O–H groups in total. The minimum Gasteiger partial charge on any atom is -0.493 e. The first-order valence-electron chi connectivity index (χ1n) is 10.2. The Morgan fingerprint density at radius 3 is 2.53 bits per heavy atom. The number of aliphatic hydroxyl groups is 1. The number of fused-ring (bicyclic) bond motifs is 2. The summed E-state index contributed by atoms with van der Waals surface area (Å²) in [4.78, 5) is 29.3. The Morgan fingerprint density at radius 1 is 1.10 bits per heavy atom. The van der Waals surface area contributed by atoms with Crippen molar-refractivity contribution in [3.05, 3.63) is 65.0 Å². The highest BCUT2D eigenvalue weighted by molar-refractivity contribution is 5.96. The van der Waals surface area contributed by atoms with Crippen LogP contribution >= 0.6 is 0 Å². The van der Waals surface area contributed by atoms with Crippen molar-refractivity contribution in [2.24, 2.45) is 11.3 Å². The molecule has 7 heteroatoms. The van der Waals surface area contributed by atoms with E-state index in [-0.39, 0.29) is 29.9 Å². The number of carbonyl (C=O) groups is 2. The van der Waals surface area contributed by atoms with Crippen molar-refractivity contribution in [1.82, 2.24) is 9.80 Å². The van der Waals surface area contributed by atoms with E-state index >= 15 is 0 Å². The van der Waals surface area contributed by atoms with E-state index in [9.17, 15) is 19.1 Å². The normalized spacial score (nSPS) is 24.5. The molecule has 0 saturated carbocycles. The van der Waals surface area contributed by atoms with Crippen molar-refractivity contribution >= 4 is 11.8 Å². The molecule has 0 spiro atoms. The molecule has 0 aliphatic carbocycles. The van der Waals surface area contributed by atoms with Gasteiger partial charge in [-0.2, -0.15) is 0 Å². The van der Waals surface area contributed by atoms with Gasteiger partial charge in [0.2, 0.25) is 0 Å². The second-order valence-electron chi connectivity index (χ2n) is 8.49. The van der Waals surface area contributed by atoms with Gasteiger partial charge < -0.3 is 19.6 Å². The molecule has 156 valence electrons. The highest BCUT2D eigenvalue weighted by Gasteiger charge is 2.54. The molecule has 2 aromatic rings. The van der Waals surface area contributed by atoms with Crippen LogP contribution in [-0.4, -0.2) is 66.1 Å². The molecule has 2 atom stereocenters. The number of nitrogens with zero attached hydrogens (tertiary/aromatic N) is 2. The Bertz CT molecular complexity index is 1030. The summed E-state index contributed by atoms with van der Waals surface area (Å²) in [6.07, 6.45) is 0.798. The molecule has 0 unspecified atom stereocenters. The molecule has 2 amide bonds. The molecule has 2 saturated heterocycles. The number of carbonyl (C=O) groups excluding carboxylic acids is 2. The molecular formula is C23H23FN2O4. The van der Waals surface area contributed by atoms with Crippen LogP contribution < -0.4 is 4.74 Å². The van der Waals surface area contributed by atoms with Crippen LogP contribution in [0.5, 0.6) is 5.75 Å². The molecule has 3 aliphatic rings. The van der Waals surface area contributed by atoms with Crippen LogP contribution in [0.2, 0.25) is 0 Å². The van der Waals surface area contributed by atoms with Crippen LogP contribution in [0.3, 0.4) is 0 Å². The Labute approximate surface area is 173 Å². The second-order valence-corrected chi connectivity index (χ2v) is 8.49. The standard InChI is InChI=1S/C23H23FN2O4/c24-19-4-2-1-3-18(19)22(29)26-11-17-10-25(12-23(17,13-26)14-27)21(28)16-5-6-20-15(9-16)7-8-30-20/h1-6,9,17,27H,7-8,10-14H2/t17-,23+/m0/s1. The lowest BCUT2D eigenvalue weighted by Crippen LogP contribution is -2.40. The van der Waals surface area contributed by atoms with Crippen molar-refractivity contribution in [3.8, 4) is 5.75 Å². The van der Waals surface area contributed by atoms with Crippen LogP contribution in [0, 0.1) is 17.2 Å². The average molecular weight is 410 g/mol. The van der Waals surface area contributed by atoms with Gasteiger partial charge in [-0.3, -0.25) is 9.59 Å². The van der Waals surface area contributed by atoms with Gasteiger partial charge in [-0.25, -0.2) is 4.39 Å². The van der Waals surface area contributed by atoms with Gasteiger partial charge in [-0.05, 0) is 35.9 Å². The second kappa shape index (κ2) is 7.09. The quantitative estimate of drug-likeness (QED) is 0.840. The number of rotatable bonds is 3. The Kier molecular flexibility index (Phi) is 4.50. The third-order valence-corrected chi connectivity index (χ3v) is 6.69. The fourth-order valence-electron chi connectivity index (χ4n) is 5.02. The molecule has 2 aromatic carbocycles. The number of hydrogen-bond donors (Lipinski definition) is 1. The van der Waals surface area contributed by atoms with E-state index in [0.29, 0.717) is 38.3 Å². The highest BCUT2D eigenvalue weighted by atomic mass is 19.1. The van der Waals surface area contributed by atoms with Crippen LogP contribution in [0.4, 0.5) is 4.39 Å². The molecule has 0 bridgehead atoms. The molecule has 0 aromatic heterocycles. The van der Waals surface area contributed by atoms with Gasteiger partial charge in [0, 0.05) is 49.5 Å². The summed E-state index contributed by atoms with van der Waals surface area (Å²) in [5, 5.41) is 10.2. The number of hydrogen-bond acceptors (Lipinski definition) is 4. The van der Waals surface area contributed by atoms with E-state index in [1.54, 1.807) is 28.0 Å². The van der Waals surface area contributed by atoms with Crippen LogP contribution in [0.15, 0.2) is 42.5 Å². The summed E-state index contributed by atoms with van der Waals surface area (Å²) in [7, 11) is 0. The summed E-state index contributed by atoms with van der Waals surface area (Å²) in [5.74, 6) is -0.195. The number of ether oxygens (including phenoxy) is 1. The number of benzene rings is 2. The number of halogens is 1. The van der Waals surface area contributed by atoms with E-state index in [1.165, 1.54) is 12.1 Å². The van der Waals surface area contributed by atoms with Gasteiger partial charge in [-0.1, -0.05) is 12.1 Å². The number of amides is 2. The van der Waals surface area contributed by atoms with E-state index in [0.717, 1.165) is 17.7 Å². The Morgan fingerprint density at radius 2 is 1.83 bits per heavy atom. The molecular weight excluding hydrogens is 387 g/mol. The Balaban J connectivity index is 1.33. The largest absolute Gasteiger partial charge is 0.493 e. The topological polar surface area (TPSA) is 70.1 Å². The van der Waals surface area contributed by atoms with Gasteiger partial charge in [0.25, 0.3) is 11.8 Å². The maximum Gasteiger partial charge on any atom is 0.256 e. The maximum absolute atomic E-state index is 14.1. The van der Waals surface area contributed by atoms with E-state index in [1.807, 2.05) is 12.1 Å². The number of likely N-dealkylation sites (tertiary alicyclic amines) is 2. The summed E-state index contributed by atoms with van der Waals surface area (Å²) in [5.41, 5.74) is 1.13. The molecule has 6 nitrogen and oxygen atoms in total. The third-order valence-electron chi connectivity index (χ3n) is 6.69. The first kappa shape index (κ1) is 19.1. The summed E-state index contributed by atoms with van der Waals surface area (Å²) >= 11 is 0. The molecule has 30 heavy (non-hydrogen) atoms. The van der Waals surface area contributed by atoms with Gasteiger partial charge in [0.05, 0.1) is 18.8 Å².